The highest BCUT2D eigenvalue weighted by molar-refractivity contribution is 7.92. The van der Waals surface area contributed by atoms with E-state index >= 15 is 0 Å². The fourth-order valence-corrected chi connectivity index (χ4v) is 2.53. The maximum Gasteiger partial charge on any atom is 0.318 e. The van der Waals surface area contributed by atoms with Gasteiger partial charge in [-0.25, -0.2) is 8.42 Å². The molecule has 1 aromatic rings. The topological polar surface area (TPSA) is 101 Å². The van der Waals surface area contributed by atoms with Gasteiger partial charge in [-0.1, -0.05) is 17.7 Å². The summed E-state index contributed by atoms with van der Waals surface area (Å²) in [6, 6.07) is 5.31. The Hall–Kier alpha value is -1.89. The molecule has 0 aliphatic heterocycles. The Labute approximate surface area is 111 Å². The first-order chi connectivity index (χ1) is 8.69. The number of sulfone groups is 1. The highest BCUT2D eigenvalue weighted by Crippen LogP contribution is 2.15. The van der Waals surface area contributed by atoms with Crippen LogP contribution >= 0.6 is 0 Å². The Morgan fingerprint density at radius 3 is 2.37 bits per heavy atom. The maximum absolute atomic E-state index is 11.6. The minimum atomic E-state index is -3.93. The first-order valence-electron chi connectivity index (χ1n) is 5.49. The molecule has 6 nitrogen and oxygen atoms in total. The zero-order valence-corrected chi connectivity index (χ0v) is 11.5. The van der Waals surface area contributed by atoms with Gasteiger partial charge in [0, 0.05) is 5.69 Å². The van der Waals surface area contributed by atoms with Crippen LogP contribution in [0.3, 0.4) is 0 Å². The van der Waals surface area contributed by atoms with Crippen molar-refractivity contribution in [3.05, 3.63) is 29.3 Å². The quantitative estimate of drug-likeness (QED) is 0.831. The summed E-state index contributed by atoms with van der Waals surface area (Å²) >= 11 is 0. The maximum atomic E-state index is 11.6. The first kappa shape index (κ1) is 15.2. The number of hydrogen-bond acceptors (Lipinski definition) is 4. The van der Waals surface area contributed by atoms with Crippen LogP contribution in [0, 0.1) is 13.8 Å². The van der Waals surface area contributed by atoms with Crippen molar-refractivity contribution < 1.29 is 23.1 Å². The van der Waals surface area contributed by atoms with Gasteiger partial charge in [-0.2, -0.15) is 0 Å². The number of carboxylic acids is 1. The normalized spacial score (nSPS) is 11.1. The number of anilines is 1. The van der Waals surface area contributed by atoms with Gasteiger partial charge in [0.2, 0.25) is 5.91 Å². The molecule has 0 fully saturated rings. The molecule has 0 saturated carbocycles. The van der Waals surface area contributed by atoms with E-state index in [9.17, 15) is 18.0 Å². The molecule has 0 spiro atoms. The number of nitrogens with one attached hydrogen (secondary N) is 1. The Morgan fingerprint density at radius 1 is 1.21 bits per heavy atom. The van der Waals surface area contributed by atoms with E-state index in [1.54, 1.807) is 19.1 Å². The lowest BCUT2D eigenvalue weighted by atomic mass is 10.1. The second-order valence-corrected chi connectivity index (χ2v) is 6.36. The molecule has 2 N–H and O–H groups in total. The highest BCUT2D eigenvalue weighted by Gasteiger charge is 2.20. The molecule has 1 rings (SSSR count). The average Bonchev–Trinajstić information content (AvgIpc) is 2.19. The largest absolute Gasteiger partial charge is 0.480 e. The van der Waals surface area contributed by atoms with Crippen molar-refractivity contribution in [3.8, 4) is 0 Å². The number of benzene rings is 1. The van der Waals surface area contributed by atoms with Crippen LogP contribution in [0.1, 0.15) is 11.1 Å². The molecule has 0 aromatic heterocycles. The van der Waals surface area contributed by atoms with Crippen LogP contribution in [0.4, 0.5) is 5.69 Å². The van der Waals surface area contributed by atoms with Gasteiger partial charge < -0.3 is 10.4 Å². The van der Waals surface area contributed by atoms with Crippen LogP contribution in [0.2, 0.25) is 0 Å². The Morgan fingerprint density at radius 2 is 1.84 bits per heavy atom. The second kappa shape index (κ2) is 5.83. The van der Waals surface area contributed by atoms with Crippen molar-refractivity contribution in [1.29, 1.82) is 0 Å². The Bertz CT molecular complexity index is 607. The number of carbonyl (C=O) groups excluding carboxylic acids is 1. The van der Waals surface area contributed by atoms with Crippen LogP contribution in [0.15, 0.2) is 18.2 Å². The number of rotatable bonds is 5. The highest BCUT2D eigenvalue weighted by atomic mass is 32.2. The summed E-state index contributed by atoms with van der Waals surface area (Å²) in [5.41, 5.74) is 2.35. The summed E-state index contributed by atoms with van der Waals surface area (Å²) < 4.78 is 22.7. The van der Waals surface area contributed by atoms with Crippen LogP contribution in [0.25, 0.3) is 0 Å². The Balaban J connectivity index is 2.73. The molecule has 0 saturated heterocycles. The minimum Gasteiger partial charge on any atom is -0.480 e. The molecule has 0 atom stereocenters. The first-order valence-corrected chi connectivity index (χ1v) is 7.31. The van der Waals surface area contributed by atoms with E-state index in [1.165, 1.54) is 0 Å². The summed E-state index contributed by atoms with van der Waals surface area (Å²) in [5.74, 6) is -4.10. The molecule has 0 heterocycles. The molecule has 0 radical (unpaired) electrons. The van der Waals surface area contributed by atoms with E-state index in [0.717, 1.165) is 11.1 Å². The van der Waals surface area contributed by atoms with Crippen molar-refractivity contribution in [2.24, 2.45) is 0 Å². The smallest absolute Gasteiger partial charge is 0.318 e. The third-order valence-electron chi connectivity index (χ3n) is 2.35. The zero-order valence-electron chi connectivity index (χ0n) is 10.6. The van der Waals surface area contributed by atoms with Crippen molar-refractivity contribution in [2.45, 2.75) is 13.8 Å². The van der Waals surface area contributed by atoms with Crippen molar-refractivity contribution >= 4 is 27.4 Å². The molecule has 7 heteroatoms. The van der Waals surface area contributed by atoms with E-state index in [0.29, 0.717) is 5.69 Å². The molecule has 19 heavy (non-hydrogen) atoms. The Kier molecular flexibility index (Phi) is 4.66. The van der Waals surface area contributed by atoms with Crippen LogP contribution in [-0.2, 0) is 19.4 Å². The van der Waals surface area contributed by atoms with E-state index in [-0.39, 0.29) is 0 Å². The fraction of sp³-hybridized carbons (Fsp3) is 0.333. The average molecular weight is 285 g/mol. The molecular weight excluding hydrogens is 270 g/mol. The fourth-order valence-electron chi connectivity index (χ4n) is 1.58. The zero-order chi connectivity index (χ0) is 14.6. The van der Waals surface area contributed by atoms with Crippen LogP contribution in [-0.4, -0.2) is 36.9 Å². The summed E-state index contributed by atoms with van der Waals surface area (Å²) in [5, 5.41) is 10.9. The molecular formula is C12H15NO5S. The number of hydrogen-bond donors (Lipinski definition) is 2. The summed E-state index contributed by atoms with van der Waals surface area (Å²) in [6.45, 7) is 3.68. The number of aryl methyl sites for hydroxylation is 2. The van der Waals surface area contributed by atoms with Gasteiger partial charge in [-0.15, -0.1) is 0 Å². The van der Waals surface area contributed by atoms with Gasteiger partial charge >= 0.3 is 5.97 Å². The number of carbonyl (C=O) groups is 2. The van der Waals surface area contributed by atoms with Gasteiger partial charge in [-0.3, -0.25) is 9.59 Å². The van der Waals surface area contributed by atoms with Gasteiger partial charge in [0.1, 0.15) is 11.5 Å². The van der Waals surface area contributed by atoms with Crippen molar-refractivity contribution in [3.63, 3.8) is 0 Å². The van der Waals surface area contributed by atoms with E-state index in [1.807, 2.05) is 13.0 Å². The lowest BCUT2D eigenvalue weighted by Crippen LogP contribution is -2.27. The molecule has 0 aliphatic carbocycles. The monoisotopic (exact) mass is 285 g/mol. The van der Waals surface area contributed by atoms with Gasteiger partial charge in [0.15, 0.2) is 9.84 Å². The SMILES string of the molecule is Cc1ccc(NC(=O)CS(=O)(=O)CC(=O)O)c(C)c1. The van der Waals surface area contributed by atoms with Crippen LogP contribution < -0.4 is 5.32 Å². The number of carboxylic acid groups (broad SMARTS) is 1. The molecule has 1 aromatic carbocycles. The summed E-state index contributed by atoms with van der Waals surface area (Å²) in [6.07, 6.45) is 0. The number of amides is 1. The standard InChI is InChI=1S/C12H15NO5S/c1-8-3-4-10(9(2)5-8)13-11(14)6-19(17,18)7-12(15)16/h3-5H,6-7H2,1-2H3,(H,13,14)(H,15,16). The van der Waals surface area contributed by atoms with Gasteiger partial charge in [-0.05, 0) is 25.5 Å². The van der Waals surface area contributed by atoms with Crippen molar-refractivity contribution in [2.75, 3.05) is 16.8 Å². The van der Waals surface area contributed by atoms with Crippen LogP contribution in [0.5, 0.6) is 0 Å². The predicted molar refractivity (Wildman–Crippen MR) is 70.8 cm³/mol. The number of aliphatic carboxylic acids is 1. The third-order valence-corrected chi connectivity index (χ3v) is 3.74. The molecule has 0 bridgehead atoms. The molecule has 104 valence electrons. The van der Waals surface area contributed by atoms with E-state index < -0.39 is 33.2 Å². The second-order valence-electron chi connectivity index (χ2n) is 4.29. The predicted octanol–water partition coefficient (Wildman–Crippen LogP) is 0.741. The third kappa shape index (κ3) is 5.09. The summed E-state index contributed by atoms with van der Waals surface area (Å²) in [4.78, 5) is 21.9. The molecule has 0 aliphatic rings. The molecule has 1 amide bonds. The minimum absolute atomic E-state index is 0.515. The van der Waals surface area contributed by atoms with E-state index in [2.05, 4.69) is 5.32 Å². The van der Waals surface area contributed by atoms with Gasteiger partial charge in [0.25, 0.3) is 0 Å². The van der Waals surface area contributed by atoms with E-state index in [4.69, 9.17) is 5.11 Å². The van der Waals surface area contributed by atoms with Gasteiger partial charge in [0.05, 0.1) is 0 Å². The van der Waals surface area contributed by atoms with Crippen molar-refractivity contribution in [1.82, 2.24) is 0 Å². The lowest BCUT2D eigenvalue weighted by Gasteiger charge is -2.09. The molecule has 0 unspecified atom stereocenters. The lowest BCUT2D eigenvalue weighted by molar-refractivity contribution is -0.134. The summed E-state index contributed by atoms with van der Waals surface area (Å²) in [7, 11) is -3.93.